The Bertz CT molecular complexity index is 614. The van der Waals surface area contributed by atoms with Crippen molar-refractivity contribution < 1.29 is 8.42 Å². The minimum absolute atomic E-state index is 0.148. The van der Waals surface area contributed by atoms with Gasteiger partial charge in [0, 0.05) is 19.1 Å². The second-order valence-electron chi connectivity index (χ2n) is 5.74. The van der Waals surface area contributed by atoms with E-state index >= 15 is 0 Å². The molecule has 1 N–H and O–H groups in total. The molecule has 2 heterocycles. The molecule has 8 heteroatoms. The van der Waals surface area contributed by atoms with Crippen molar-refractivity contribution in [3.8, 4) is 0 Å². The highest BCUT2D eigenvalue weighted by molar-refractivity contribution is 7.89. The molecule has 2 fully saturated rings. The van der Waals surface area contributed by atoms with E-state index in [1.807, 2.05) is 0 Å². The van der Waals surface area contributed by atoms with Gasteiger partial charge in [0.25, 0.3) is 0 Å². The van der Waals surface area contributed by atoms with Crippen molar-refractivity contribution in [2.75, 3.05) is 19.6 Å². The number of nitrogens with one attached hydrogen (secondary N) is 1. The second-order valence-corrected chi connectivity index (χ2v) is 9.93. The van der Waals surface area contributed by atoms with Crippen molar-refractivity contribution in [3.63, 3.8) is 0 Å². The van der Waals surface area contributed by atoms with Crippen LogP contribution in [0.5, 0.6) is 0 Å². The Labute approximate surface area is 139 Å². The number of halogens is 2. The first kappa shape index (κ1) is 16.0. The maximum absolute atomic E-state index is 12.7. The van der Waals surface area contributed by atoms with E-state index in [4.69, 9.17) is 23.2 Å². The van der Waals surface area contributed by atoms with Crippen molar-refractivity contribution in [1.82, 2.24) is 9.62 Å². The standard InChI is InChI=1S/C13H18Cl2N2O2S2/c14-12-6-11(13(15)20-12)21(18,19)17-5-1-2-9(8-17)7-16-10-3-4-10/h6,9-10,16H,1-5,7-8H2. The van der Waals surface area contributed by atoms with Gasteiger partial charge in [-0.25, -0.2) is 8.42 Å². The van der Waals surface area contributed by atoms with E-state index in [1.54, 1.807) is 4.31 Å². The van der Waals surface area contributed by atoms with E-state index in [9.17, 15) is 8.42 Å². The first-order chi connectivity index (χ1) is 9.96. The minimum Gasteiger partial charge on any atom is -0.314 e. The zero-order chi connectivity index (χ0) is 15.0. The molecule has 1 aromatic rings. The lowest BCUT2D eigenvalue weighted by atomic mass is 10.00. The van der Waals surface area contributed by atoms with Crippen LogP contribution >= 0.6 is 34.5 Å². The summed E-state index contributed by atoms with van der Waals surface area (Å²) in [6.45, 7) is 2.02. The average Bonchev–Trinajstić information content (AvgIpc) is 3.21. The Kier molecular flexibility index (Phi) is 4.83. The highest BCUT2D eigenvalue weighted by Gasteiger charge is 2.33. The lowest BCUT2D eigenvalue weighted by Gasteiger charge is -2.32. The molecule has 1 saturated heterocycles. The molecule has 1 unspecified atom stereocenters. The van der Waals surface area contributed by atoms with E-state index < -0.39 is 10.0 Å². The van der Waals surface area contributed by atoms with Crippen LogP contribution in [0.25, 0.3) is 0 Å². The molecule has 3 rings (SSSR count). The van der Waals surface area contributed by atoms with Gasteiger partial charge in [-0.2, -0.15) is 4.31 Å². The Morgan fingerprint density at radius 2 is 2.10 bits per heavy atom. The SMILES string of the molecule is O=S(=O)(c1cc(Cl)sc1Cl)N1CCCC(CNC2CC2)C1. The van der Waals surface area contributed by atoms with Gasteiger partial charge >= 0.3 is 0 Å². The van der Waals surface area contributed by atoms with Gasteiger partial charge in [-0.3, -0.25) is 0 Å². The van der Waals surface area contributed by atoms with Crippen LogP contribution in [0.4, 0.5) is 0 Å². The monoisotopic (exact) mass is 368 g/mol. The molecule has 0 aromatic carbocycles. The van der Waals surface area contributed by atoms with Crippen LogP contribution in [0.15, 0.2) is 11.0 Å². The topological polar surface area (TPSA) is 49.4 Å². The summed E-state index contributed by atoms with van der Waals surface area (Å²) < 4.78 is 27.6. The summed E-state index contributed by atoms with van der Waals surface area (Å²) in [6, 6.07) is 2.11. The molecule has 0 radical (unpaired) electrons. The first-order valence-electron chi connectivity index (χ1n) is 7.15. The number of thiophene rings is 1. The van der Waals surface area contributed by atoms with Crippen molar-refractivity contribution in [2.24, 2.45) is 5.92 Å². The van der Waals surface area contributed by atoms with E-state index in [-0.39, 0.29) is 9.23 Å². The summed E-state index contributed by atoms with van der Waals surface area (Å²) >= 11 is 13.0. The van der Waals surface area contributed by atoms with Crippen LogP contribution in [0.2, 0.25) is 8.67 Å². The van der Waals surface area contributed by atoms with Crippen LogP contribution in [0.1, 0.15) is 25.7 Å². The van der Waals surface area contributed by atoms with Gasteiger partial charge in [0.1, 0.15) is 9.23 Å². The maximum Gasteiger partial charge on any atom is 0.245 e. The third-order valence-corrected chi connectivity index (χ3v) is 7.62. The molecular formula is C13H18Cl2N2O2S2. The van der Waals surface area contributed by atoms with Crippen LogP contribution < -0.4 is 5.32 Å². The molecule has 1 saturated carbocycles. The highest BCUT2D eigenvalue weighted by atomic mass is 35.5. The molecule has 2 aliphatic rings. The number of hydrogen-bond donors (Lipinski definition) is 1. The third kappa shape index (κ3) is 3.74. The van der Waals surface area contributed by atoms with Gasteiger partial charge in [-0.05, 0) is 44.2 Å². The van der Waals surface area contributed by atoms with Crippen LogP contribution in [0.3, 0.4) is 0 Å². The molecule has 0 bridgehead atoms. The molecule has 118 valence electrons. The fourth-order valence-corrected chi connectivity index (χ4v) is 6.34. The van der Waals surface area contributed by atoms with Crippen LogP contribution in [0, 0.1) is 5.92 Å². The molecular weight excluding hydrogens is 351 g/mol. The van der Waals surface area contributed by atoms with E-state index in [2.05, 4.69) is 5.32 Å². The smallest absolute Gasteiger partial charge is 0.245 e. The largest absolute Gasteiger partial charge is 0.314 e. The summed E-state index contributed by atoms with van der Waals surface area (Å²) in [6.07, 6.45) is 4.46. The van der Waals surface area contributed by atoms with Gasteiger partial charge in [-0.1, -0.05) is 23.2 Å². The lowest BCUT2D eigenvalue weighted by Crippen LogP contribution is -2.43. The number of sulfonamides is 1. The quantitative estimate of drug-likeness (QED) is 0.867. The summed E-state index contributed by atoms with van der Waals surface area (Å²) in [5.41, 5.74) is 0. The Morgan fingerprint density at radius 3 is 2.71 bits per heavy atom. The highest BCUT2D eigenvalue weighted by Crippen LogP contribution is 2.36. The maximum atomic E-state index is 12.7. The van der Waals surface area contributed by atoms with Crippen molar-refractivity contribution >= 4 is 44.6 Å². The van der Waals surface area contributed by atoms with Gasteiger partial charge in [-0.15, -0.1) is 11.3 Å². The first-order valence-corrected chi connectivity index (χ1v) is 10.2. The molecule has 0 amide bonds. The van der Waals surface area contributed by atoms with Crippen LogP contribution in [-0.4, -0.2) is 38.4 Å². The number of hydrogen-bond acceptors (Lipinski definition) is 4. The number of nitrogens with zero attached hydrogens (tertiary/aromatic N) is 1. The Morgan fingerprint density at radius 1 is 1.33 bits per heavy atom. The zero-order valence-corrected chi connectivity index (χ0v) is 14.7. The summed E-state index contributed by atoms with van der Waals surface area (Å²) in [4.78, 5) is 0.148. The van der Waals surface area contributed by atoms with Gasteiger partial charge in [0.15, 0.2) is 0 Å². The lowest BCUT2D eigenvalue weighted by molar-refractivity contribution is 0.260. The molecule has 1 aliphatic carbocycles. The van der Waals surface area contributed by atoms with E-state index in [0.29, 0.717) is 29.4 Å². The van der Waals surface area contributed by atoms with Crippen LogP contribution in [-0.2, 0) is 10.0 Å². The zero-order valence-electron chi connectivity index (χ0n) is 11.5. The fourth-order valence-electron chi connectivity index (χ4n) is 2.67. The number of piperidine rings is 1. The van der Waals surface area contributed by atoms with E-state index in [0.717, 1.165) is 30.7 Å². The average molecular weight is 369 g/mol. The molecule has 0 spiro atoms. The molecule has 21 heavy (non-hydrogen) atoms. The van der Waals surface area contributed by atoms with Gasteiger partial charge in [0.2, 0.25) is 10.0 Å². The normalized spacial score (nSPS) is 24.4. The summed E-state index contributed by atoms with van der Waals surface area (Å²) in [5, 5.41) is 3.49. The minimum atomic E-state index is -3.53. The second kappa shape index (κ2) is 6.34. The third-order valence-electron chi connectivity index (χ3n) is 4.00. The van der Waals surface area contributed by atoms with Crippen molar-refractivity contribution in [3.05, 3.63) is 14.7 Å². The van der Waals surface area contributed by atoms with Gasteiger partial charge in [0.05, 0.1) is 4.34 Å². The fraction of sp³-hybridized carbons (Fsp3) is 0.692. The number of rotatable bonds is 5. The predicted octanol–water partition coefficient (Wildman–Crippen LogP) is 3.21. The Hall–Kier alpha value is 0.150. The molecule has 1 atom stereocenters. The predicted molar refractivity (Wildman–Crippen MR) is 86.8 cm³/mol. The summed E-state index contributed by atoms with van der Waals surface area (Å²) in [7, 11) is -3.53. The van der Waals surface area contributed by atoms with Gasteiger partial charge < -0.3 is 5.32 Å². The Balaban J connectivity index is 1.70. The molecule has 1 aliphatic heterocycles. The van der Waals surface area contributed by atoms with Crippen molar-refractivity contribution in [1.29, 1.82) is 0 Å². The molecule has 1 aromatic heterocycles. The van der Waals surface area contributed by atoms with E-state index in [1.165, 1.54) is 18.9 Å². The summed E-state index contributed by atoms with van der Waals surface area (Å²) in [5.74, 6) is 0.377. The van der Waals surface area contributed by atoms with Crippen molar-refractivity contribution in [2.45, 2.75) is 36.6 Å². The molecule has 4 nitrogen and oxygen atoms in total.